The number of nitrogens with zero attached hydrogens (tertiary/aromatic N) is 3. The summed E-state index contributed by atoms with van der Waals surface area (Å²) in [6, 6.07) is 14.3. The molecule has 6 heteroatoms. The Labute approximate surface area is 206 Å². The minimum Gasteiger partial charge on any atom is -0.333 e. The van der Waals surface area contributed by atoms with Crippen molar-refractivity contribution < 1.29 is 4.79 Å². The molecule has 1 unspecified atom stereocenters. The second-order valence-electron chi connectivity index (χ2n) is 9.33. The van der Waals surface area contributed by atoms with Gasteiger partial charge in [0.25, 0.3) is 5.56 Å². The van der Waals surface area contributed by atoms with Gasteiger partial charge in [0.1, 0.15) is 5.82 Å². The molecule has 1 heterocycles. The van der Waals surface area contributed by atoms with Crippen LogP contribution in [0.1, 0.15) is 77.1 Å². The number of hydrogen-bond acceptors (Lipinski definition) is 3. The van der Waals surface area contributed by atoms with Crippen LogP contribution in [0.5, 0.6) is 0 Å². The van der Waals surface area contributed by atoms with E-state index >= 15 is 0 Å². The molecular weight excluding hydrogens is 446 g/mol. The van der Waals surface area contributed by atoms with E-state index < -0.39 is 0 Å². The Hall–Kier alpha value is -2.66. The minimum absolute atomic E-state index is 0.0644. The summed E-state index contributed by atoms with van der Waals surface area (Å²) >= 11 is 6.55. The Morgan fingerprint density at radius 1 is 1.09 bits per heavy atom. The van der Waals surface area contributed by atoms with E-state index in [0.717, 1.165) is 51.4 Å². The maximum absolute atomic E-state index is 13.7. The fourth-order valence-electron chi connectivity index (χ4n) is 5.05. The fraction of sp³-hybridized carbons (Fsp3) is 0.464. The highest BCUT2D eigenvalue weighted by Gasteiger charge is 2.32. The molecule has 3 aromatic rings. The highest BCUT2D eigenvalue weighted by Crippen LogP contribution is 2.32. The number of carbonyl (C=O) groups is 1. The Bertz CT molecular complexity index is 1200. The number of fused-ring (bicyclic) bond motifs is 1. The molecular formula is C28H34ClN3O2. The van der Waals surface area contributed by atoms with Gasteiger partial charge in [0.05, 0.1) is 27.7 Å². The molecule has 0 radical (unpaired) electrons. The quantitative estimate of drug-likeness (QED) is 0.321. The molecule has 1 saturated carbocycles. The first-order valence-electron chi connectivity index (χ1n) is 12.6. The number of benzene rings is 2. The highest BCUT2D eigenvalue weighted by molar-refractivity contribution is 6.32. The standard InChI is InChI=1S/C28H34ClN3O2/c1-3-4-5-12-19-31(27(33)21-13-6-7-14-21)20(2)26-30-24-17-10-8-15-22(24)28(34)32(26)25-18-11-9-16-23(25)29/h8-11,15-18,20-21H,3-7,12-14,19H2,1-2H3. The van der Waals surface area contributed by atoms with Gasteiger partial charge in [-0.2, -0.15) is 0 Å². The van der Waals surface area contributed by atoms with Crippen molar-refractivity contribution >= 4 is 28.4 Å². The average molecular weight is 480 g/mol. The Morgan fingerprint density at radius 2 is 1.79 bits per heavy atom. The maximum atomic E-state index is 13.7. The molecule has 0 N–H and O–H groups in total. The van der Waals surface area contributed by atoms with Crippen LogP contribution in [0.2, 0.25) is 5.02 Å². The highest BCUT2D eigenvalue weighted by atomic mass is 35.5. The van der Waals surface area contributed by atoms with Crippen molar-refractivity contribution in [2.45, 2.75) is 71.3 Å². The molecule has 1 aliphatic carbocycles. The third-order valence-corrected chi connectivity index (χ3v) is 7.30. The number of amides is 1. The molecule has 0 bridgehead atoms. The van der Waals surface area contributed by atoms with Crippen LogP contribution in [0.25, 0.3) is 16.6 Å². The van der Waals surface area contributed by atoms with Crippen molar-refractivity contribution in [3.05, 3.63) is 69.7 Å². The van der Waals surface area contributed by atoms with Crippen LogP contribution in [-0.4, -0.2) is 26.9 Å². The molecule has 0 spiro atoms. The van der Waals surface area contributed by atoms with E-state index in [0.29, 0.717) is 34.0 Å². The largest absolute Gasteiger partial charge is 0.333 e. The monoisotopic (exact) mass is 479 g/mol. The lowest BCUT2D eigenvalue weighted by Crippen LogP contribution is -2.40. The molecule has 0 aliphatic heterocycles. The van der Waals surface area contributed by atoms with Crippen molar-refractivity contribution in [3.8, 4) is 5.69 Å². The van der Waals surface area contributed by atoms with Crippen molar-refractivity contribution in [3.63, 3.8) is 0 Å². The predicted octanol–water partition coefficient (Wildman–Crippen LogP) is 6.70. The normalized spacial score (nSPS) is 15.0. The second-order valence-corrected chi connectivity index (χ2v) is 9.74. The number of unbranched alkanes of at least 4 members (excludes halogenated alkanes) is 3. The maximum Gasteiger partial charge on any atom is 0.266 e. The summed E-state index contributed by atoms with van der Waals surface area (Å²) in [6.07, 6.45) is 8.42. The van der Waals surface area contributed by atoms with Crippen molar-refractivity contribution in [1.29, 1.82) is 0 Å². The van der Waals surface area contributed by atoms with Gasteiger partial charge in [-0.05, 0) is 50.5 Å². The predicted molar refractivity (Wildman–Crippen MR) is 139 cm³/mol. The molecule has 1 fully saturated rings. The lowest BCUT2D eigenvalue weighted by atomic mass is 10.0. The third-order valence-electron chi connectivity index (χ3n) is 6.98. The van der Waals surface area contributed by atoms with E-state index in [1.165, 1.54) is 0 Å². The van der Waals surface area contributed by atoms with Crippen LogP contribution in [-0.2, 0) is 4.79 Å². The molecule has 34 heavy (non-hydrogen) atoms. The second kappa shape index (κ2) is 11.2. The minimum atomic E-state index is -0.358. The van der Waals surface area contributed by atoms with Gasteiger partial charge >= 0.3 is 0 Å². The lowest BCUT2D eigenvalue weighted by Gasteiger charge is -2.32. The SMILES string of the molecule is CCCCCCN(C(=O)C1CCCC1)C(C)c1nc2ccccc2c(=O)n1-c1ccccc1Cl. The Morgan fingerprint density at radius 3 is 2.53 bits per heavy atom. The van der Waals surface area contributed by atoms with E-state index in [4.69, 9.17) is 16.6 Å². The molecule has 1 aliphatic rings. The number of carbonyl (C=O) groups excluding carboxylic acids is 1. The zero-order valence-electron chi connectivity index (χ0n) is 20.2. The summed E-state index contributed by atoms with van der Waals surface area (Å²) in [5, 5.41) is 1.02. The third kappa shape index (κ3) is 5.05. The summed E-state index contributed by atoms with van der Waals surface area (Å²) in [5.74, 6) is 0.808. The zero-order valence-corrected chi connectivity index (χ0v) is 20.9. The molecule has 4 rings (SSSR count). The van der Waals surface area contributed by atoms with Gasteiger partial charge in [-0.3, -0.25) is 14.2 Å². The van der Waals surface area contributed by atoms with E-state index in [1.807, 2.05) is 48.2 Å². The molecule has 1 aromatic heterocycles. The molecule has 2 aromatic carbocycles. The molecule has 5 nitrogen and oxygen atoms in total. The zero-order chi connectivity index (χ0) is 24.1. The van der Waals surface area contributed by atoms with Crippen molar-refractivity contribution in [1.82, 2.24) is 14.5 Å². The summed E-state index contributed by atoms with van der Waals surface area (Å²) in [4.78, 5) is 34.3. The van der Waals surface area contributed by atoms with Gasteiger partial charge in [-0.15, -0.1) is 0 Å². The first-order chi connectivity index (χ1) is 16.5. The van der Waals surface area contributed by atoms with Crippen LogP contribution in [0.15, 0.2) is 53.3 Å². The molecule has 1 atom stereocenters. The average Bonchev–Trinajstić information content (AvgIpc) is 3.39. The van der Waals surface area contributed by atoms with Crippen LogP contribution in [0.3, 0.4) is 0 Å². The molecule has 1 amide bonds. The van der Waals surface area contributed by atoms with E-state index in [9.17, 15) is 9.59 Å². The lowest BCUT2D eigenvalue weighted by molar-refractivity contribution is -0.137. The molecule has 180 valence electrons. The Kier molecular flexibility index (Phi) is 8.04. The van der Waals surface area contributed by atoms with Gasteiger partial charge in [-0.1, -0.05) is 74.9 Å². The summed E-state index contributed by atoms with van der Waals surface area (Å²) in [7, 11) is 0. The topological polar surface area (TPSA) is 55.2 Å². The summed E-state index contributed by atoms with van der Waals surface area (Å²) in [5.41, 5.74) is 1.06. The first kappa shape index (κ1) is 24.5. The summed E-state index contributed by atoms with van der Waals surface area (Å²) < 4.78 is 1.61. The number of halogens is 1. The molecule has 0 saturated heterocycles. The number of hydrogen-bond donors (Lipinski definition) is 0. The summed E-state index contributed by atoms with van der Waals surface area (Å²) in [6.45, 7) is 4.85. The van der Waals surface area contributed by atoms with Crippen LogP contribution in [0.4, 0.5) is 0 Å². The van der Waals surface area contributed by atoms with Crippen molar-refractivity contribution in [2.75, 3.05) is 6.54 Å². The number of aromatic nitrogens is 2. The Balaban J connectivity index is 1.83. The first-order valence-corrected chi connectivity index (χ1v) is 13.0. The number of para-hydroxylation sites is 2. The van der Waals surface area contributed by atoms with Gasteiger partial charge in [0.2, 0.25) is 5.91 Å². The van der Waals surface area contributed by atoms with Crippen LogP contribution in [0, 0.1) is 5.92 Å². The smallest absolute Gasteiger partial charge is 0.266 e. The fourth-order valence-corrected chi connectivity index (χ4v) is 5.27. The number of rotatable bonds is 9. The van der Waals surface area contributed by atoms with Crippen LogP contribution >= 0.6 is 11.6 Å². The van der Waals surface area contributed by atoms with E-state index in [1.54, 1.807) is 16.7 Å². The van der Waals surface area contributed by atoms with Crippen LogP contribution < -0.4 is 5.56 Å². The van der Waals surface area contributed by atoms with E-state index in [-0.39, 0.29) is 23.4 Å². The van der Waals surface area contributed by atoms with Gasteiger partial charge < -0.3 is 4.90 Å². The van der Waals surface area contributed by atoms with Gasteiger partial charge in [0.15, 0.2) is 0 Å². The van der Waals surface area contributed by atoms with Gasteiger partial charge in [-0.25, -0.2) is 4.98 Å². The van der Waals surface area contributed by atoms with Crippen molar-refractivity contribution in [2.24, 2.45) is 5.92 Å². The van der Waals surface area contributed by atoms with Gasteiger partial charge in [0, 0.05) is 12.5 Å². The van der Waals surface area contributed by atoms with E-state index in [2.05, 4.69) is 6.92 Å².